The van der Waals surface area contributed by atoms with E-state index in [1.165, 1.54) is 38.5 Å². The van der Waals surface area contributed by atoms with Crippen LogP contribution in [0.2, 0.25) is 0 Å². The number of halogens is 2. The van der Waals surface area contributed by atoms with E-state index in [-0.39, 0.29) is 0 Å². The summed E-state index contributed by atoms with van der Waals surface area (Å²) in [6, 6.07) is 0. The minimum Gasteiger partial charge on any atom is -0.355 e. The summed E-state index contributed by atoms with van der Waals surface area (Å²) in [6.45, 7) is 16.1. The Labute approximate surface area is 198 Å². The number of hydrogen-bond donors (Lipinski definition) is 0. The molecule has 0 aromatic carbocycles. The van der Waals surface area contributed by atoms with E-state index in [1.54, 1.807) is 0 Å². The Hall–Kier alpha value is 0.840. The van der Waals surface area contributed by atoms with E-state index in [2.05, 4.69) is 73.4 Å². The van der Waals surface area contributed by atoms with Gasteiger partial charge in [-0.3, -0.25) is 0 Å². The van der Waals surface area contributed by atoms with Gasteiger partial charge in [0.05, 0.1) is 0 Å². The Morgan fingerprint density at radius 2 is 0.897 bits per heavy atom. The van der Waals surface area contributed by atoms with Gasteiger partial charge in [-0.2, -0.15) is 0 Å². The van der Waals surface area contributed by atoms with Crippen molar-refractivity contribution in [3.8, 4) is 0 Å². The van der Waals surface area contributed by atoms with Crippen molar-refractivity contribution < 1.29 is 14.2 Å². The van der Waals surface area contributed by atoms with Crippen molar-refractivity contribution in [2.45, 2.75) is 103 Å². The summed E-state index contributed by atoms with van der Waals surface area (Å²) in [5.74, 6) is 3.09. The lowest BCUT2D eigenvalue weighted by atomic mass is 9.91. The highest BCUT2D eigenvalue weighted by atomic mass is 79.9. The third-order valence-corrected chi connectivity index (χ3v) is 6.12. The van der Waals surface area contributed by atoms with Gasteiger partial charge in [0, 0.05) is 22.9 Å². The molecule has 6 atom stereocenters. The highest BCUT2D eigenvalue weighted by Crippen LogP contribution is 2.23. The van der Waals surface area contributed by atoms with Gasteiger partial charge in [-0.1, -0.05) is 73.4 Å². The lowest BCUT2D eigenvalue weighted by molar-refractivity contribution is -0.132. The molecule has 29 heavy (non-hydrogen) atoms. The van der Waals surface area contributed by atoms with Gasteiger partial charge in [0.25, 0.3) is 0 Å². The summed E-state index contributed by atoms with van der Waals surface area (Å²) in [4.78, 5) is 1.24. The van der Waals surface area contributed by atoms with Crippen LogP contribution in [0.1, 0.15) is 92.9 Å². The largest absolute Gasteiger partial charge is 0.355 e. The lowest BCUT2D eigenvalue weighted by Crippen LogP contribution is -2.10. The molecule has 0 aromatic heterocycles. The first-order chi connectivity index (χ1) is 13.7. The fraction of sp³-hybridized carbons (Fsp3) is 1.00. The molecule has 0 spiro atoms. The van der Waals surface area contributed by atoms with Crippen LogP contribution < -0.4 is 0 Å². The first-order valence-corrected chi connectivity index (χ1v) is 13.5. The van der Waals surface area contributed by atoms with Crippen molar-refractivity contribution in [2.75, 3.05) is 26.8 Å². The number of hydrogen-bond acceptors (Lipinski definition) is 3. The van der Waals surface area contributed by atoms with Crippen LogP contribution in [0, 0.1) is 23.7 Å². The Balaban J connectivity index is 3.39. The summed E-state index contributed by atoms with van der Waals surface area (Å²) in [5.41, 5.74) is 0. The Bertz CT molecular complexity index is 321. The minimum absolute atomic E-state index is 0.338. The van der Waals surface area contributed by atoms with Gasteiger partial charge in [0.1, 0.15) is 13.6 Å². The zero-order valence-electron chi connectivity index (χ0n) is 19.9. The fourth-order valence-electron chi connectivity index (χ4n) is 4.25. The van der Waals surface area contributed by atoms with Gasteiger partial charge in [-0.15, -0.1) is 0 Å². The fourth-order valence-corrected chi connectivity index (χ4v) is 5.52. The molecule has 0 aromatic rings. The van der Waals surface area contributed by atoms with E-state index in [4.69, 9.17) is 14.2 Å². The summed E-state index contributed by atoms with van der Waals surface area (Å²) in [7, 11) is 0. The molecule has 0 radical (unpaired) electrons. The summed E-state index contributed by atoms with van der Waals surface area (Å²) >= 11 is 7.30. The van der Waals surface area contributed by atoms with E-state index < -0.39 is 0 Å². The maximum Gasteiger partial charge on any atom is 0.149 e. The van der Waals surface area contributed by atoms with E-state index in [0.717, 1.165) is 49.7 Å². The maximum atomic E-state index is 5.56. The number of rotatable bonds is 20. The average Bonchev–Trinajstić information content (AvgIpc) is 2.57. The van der Waals surface area contributed by atoms with Gasteiger partial charge < -0.3 is 14.2 Å². The van der Waals surface area contributed by atoms with Gasteiger partial charge in [0.15, 0.2) is 0 Å². The van der Waals surface area contributed by atoms with Gasteiger partial charge in [-0.05, 0) is 75.0 Å². The predicted molar refractivity (Wildman–Crippen MR) is 133 cm³/mol. The summed E-state index contributed by atoms with van der Waals surface area (Å²) in [6.07, 6.45) is 9.76. The molecule has 3 nitrogen and oxygen atoms in total. The topological polar surface area (TPSA) is 27.7 Å². The molecule has 176 valence electrons. The van der Waals surface area contributed by atoms with Crippen molar-refractivity contribution in [2.24, 2.45) is 23.7 Å². The minimum atomic E-state index is 0.338. The standard InChI is InChI=1S/C24H48Br2O3/c1-19(13-21(3)15-23(5)25)9-7-11-27-17-29-18-28-12-8-10-20(2)14-22(4)16-24(6)26/h19-24H,7-18H2,1-6H3. The molecule has 5 heteroatoms. The zero-order valence-corrected chi connectivity index (χ0v) is 23.1. The second kappa shape index (κ2) is 19.5. The molecule has 0 aliphatic carbocycles. The maximum absolute atomic E-state index is 5.56. The number of alkyl halides is 2. The highest BCUT2D eigenvalue weighted by molar-refractivity contribution is 9.09. The third kappa shape index (κ3) is 21.8. The van der Waals surface area contributed by atoms with Crippen LogP contribution in [0.15, 0.2) is 0 Å². The number of ether oxygens (including phenoxy) is 3. The quantitative estimate of drug-likeness (QED) is 0.0879. The Morgan fingerprint density at radius 1 is 0.517 bits per heavy atom. The van der Waals surface area contributed by atoms with Gasteiger partial charge >= 0.3 is 0 Å². The molecule has 0 amide bonds. The van der Waals surface area contributed by atoms with Gasteiger partial charge in [0.2, 0.25) is 0 Å². The van der Waals surface area contributed by atoms with Crippen molar-refractivity contribution >= 4 is 31.9 Å². The lowest BCUT2D eigenvalue weighted by Gasteiger charge is -2.18. The molecule has 0 rings (SSSR count). The molecular formula is C24H48Br2O3. The second-order valence-corrected chi connectivity index (χ2v) is 12.6. The normalized spacial score (nSPS) is 18.2. The van der Waals surface area contributed by atoms with Crippen LogP contribution in [0.3, 0.4) is 0 Å². The van der Waals surface area contributed by atoms with Crippen LogP contribution >= 0.6 is 31.9 Å². The van der Waals surface area contributed by atoms with Crippen LogP contribution in [0.25, 0.3) is 0 Å². The van der Waals surface area contributed by atoms with E-state index in [0.29, 0.717) is 23.2 Å². The zero-order chi connectivity index (χ0) is 22.1. The molecule has 0 saturated heterocycles. The molecule has 0 N–H and O–H groups in total. The van der Waals surface area contributed by atoms with Gasteiger partial charge in [-0.25, -0.2) is 0 Å². The smallest absolute Gasteiger partial charge is 0.149 e. The average molecular weight is 544 g/mol. The predicted octanol–water partition coefficient (Wildman–Crippen LogP) is 8.18. The summed E-state index contributed by atoms with van der Waals surface area (Å²) in [5, 5.41) is 0. The monoisotopic (exact) mass is 542 g/mol. The Kier molecular flexibility index (Phi) is 20.1. The van der Waals surface area contributed by atoms with E-state index in [1.807, 2.05) is 0 Å². The van der Waals surface area contributed by atoms with Crippen molar-refractivity contribution in [1.29, 1.82) is 0 Å². The molecular weight excluding hydrogens is 496 g/mol. The molecule has 0 aliphatic heterocycles. The summed E-state index contributed by atoms with van der Waals surface area (Å²) < 4.78 is 16.5. The van der Waals surface area contributed by atoms with E-state index in [9.17, 15) is 0 Å². The second-order valence-electron chi connectivity index (χ2n) is 9.47. The van der Waals surface area contributed by atoms with Crippen LogP contribution in [-0.2, 0) is 14.2 Å². The highest BCUT2D eigenvalue weighted by Gasteiger charge is 2.12. The molecule has 0 aliphatic rings. The van der Waals surface area contributed by atoms with E-state index >= 15 is 0 Å². The van der Waals surface area contributed by atoms with Crippen molar-refractivity contribution in [1.82, 2.24) is 0 Å². The third-order valence-electron chi connectivity index (χ3n) is 5.37. The molecule has 0 saturated carbocycles. The Morgan fingerprint density at radius 3 is 1.24 bits per heavy atom. The SMILES string of the molecule is CC(Br)CC(C)CC(C)CCCOCOCOCCCC(C)CC(C)CC(C)Br. The molecule has 0 heterocycles. The first-order valence-electron chi connectivity index (χ1n) is 11.7. The van der Waals surface area contributed by atoms with Crippen LogP contribution in [0.5, 0.6) is 0 Å². The van der Waals surface area contributed by atoms with Crippen molar-refractivity contribution in [3.05, 3.63) is 0 Å². The van der Waals surface area contributed by atoms with Crippen LogP contribution in [-0.4, -0.2) is 36.5 Å². The molecule has 0 fully saturated rings. The first kappa shape index (κ1) is 29.8. The molecule has 0 bridgehead atoms. The molecule has 6 unspecified atom stereocenters. The van der Waals surface area contributed by atoms with Crippen LogP contribution in [0.4, 0.5) is 0 Å². The van der Waals surface area contributed by atoms with Crippen molar-refractivity contribution in [3.63, 3.8) is 0 Å².